The topological polar surface area (TPSA) is 46.9 Å². The summed E-state index contributed by atoms with van der Waals surface area (Å²) in [6.07, 6.45) is 0. The van der Waals surface area contributed by atoms with Crippen molar-refractivity contribution in [1.29, 1.82) is 0 Å². The highest BCUT2D eigenvalue weighted by Gasteiger charge is 2.16. The predicted molar refractivity (Wildman–Crippen MR) is 63.3 cm³/mol. The standard InChI is InChI=1S/C12H14FN3O/c1-7(2)14-12(17)11-9-6-8(13)4-5-10(9)16(3)15-11/h4-7H,1-3H3,(H,14,17). The lowest BCUT2D eigenvalue weighted by molar-refractivity contribution is 0.0939. The largest absolute Gasteiger partial charge is 0.348 e. The number of fused-ring (bicyclic) bond motifs is 1. The molecule has 1 heterocycles. The van der Waals surface area contributed by atoms with Crippen LogP contribution in [0, 0.1) is 5.82 Å². The quantitative estimate of drug-likeness (QED) is 0.863. The fourth-order valence-corrected chi connectivity index (χ4v) is 1.74. The minimum absolute atomic E-state index is 0.0214. The van der Waals surface area contributed by atoms with Gasteiger partial charge < -0.3 is 5.32 Å². The van der Waals surface area contributed by atoms with Crippen LogP contribution in [0.5, 0.6) is 0 Å². The Labute approximate surface area is 98.4 Å². The average molecular weight is 235 g/mol. The average Bonchev–Trinajstić information content (AvgIpc) is 2.54. The molecular weight excluding hydrogens is 221 g/mol. The first kappa shape index (κ1) is 11.6. The zero-order valence-electron chi connectivity index (χ0n) is 9.99. The second-order valence-electron chi connectivity index (χ2n) is 4.26. The maximum absolute atomic E-state index is 13.2. The Morgan fingerprint density at radius 1 is 1.47 bits per heavy atom. The molecule has 0 aliphatic rings. The molecule has 0 saturated carbocycles. The number of aryl methyl sites for hydroxylation is 1. The van der Waals surface area contributed by atoms with Crippen molar-refractivity contribution in [2.45, 2.75) is 19.9 Å². The first-order valence-corrected chi connectivity index (χ1v) is 5.42. The molecule has 0 unspecified atom stereocenters. The smallest absolute Gasteiger partial charge is 0.272 e. The number of nitrogens with one attached hydrogen (secondary N) is 1. The number of rotatable bonds is 2. The lowest BCUT2D eigenvalue weighted by atomic mass is 10.2. The summed E-state index contributed by atoms with van der Waals surface area (Å²) in [4.78, 5) is 11.9. The second-order valence-corrected chi connectivity index (χ2v) is 4.26. The van der Waals surface area contributed by atoms with Crippen molar-refractivity contribution >= 4 is 16.8 Å². The van der Waals surface area contributed by atoms with Crippen LogP contribution < -0.4 is 5.32 Å². The zero-order chi connectivity index (χ0) is 12.6. The number of hydrogen-bond acceptors (Lipinski definition) is 2. The molecule has 0 aliphatic carbocycles. The van der Waals surface area contributed by atoms with Crippen LogP contribution >= 0.6 is 0 Å². The highest BCUT2D eigenvalue weighted by atomic mass is 19.1. The van der Waals surface area contributed by atoms with E-state index in [1.54, 1.807) is 17.8 Å². The number of nitrogens with zero attached hydrogens (tertiary/aromatic N) is 2. The molecule has 1 N–H and O–H groups in total. The molecule has 4 nitrogen and oxygen atoms in total. The van der Waals surface area contributed by atoms with Gasteiger partial charge >= 0.3 is 0 Å². The van der Waals surface area contributed by atoms with Gasteiger partial charge in [-0.15, -0.1) is 0 Å². The SMILES string of the molecule is CC(C)NC(=O)c1nn(C)c2ccc(F)cc12. The number of carbonyl (C=O) groups excluding carboxylic acids is 1. The molecule has 2 rings (SSSR count). The van der Waals surface area contributed by atoms with E-state index in [4.69, 9.17) is 0 Å². The van der Waals surface area contributed by atoms with Crippen LogP contribution in [0.2, 0.25) is 0 Å². The van der Waals surface area contributed by atoms with E-state index in [9.17, 15) is 9.18 Å². The van der Waals surface area contributed by atoms with Gasteiger partial charge in [-0.2, -0.15) is 5.10 Å². The normalized spacial score (nSPS) is 11.1. The Hall–Kier alpha value is -1.91. The fraction of sp³-hybridized carbons (Fsp3) is 0.333. The molecule has 1 aromatic heterocycles. The number of benzene rings is 1. The van der Waals surface area contributed by atoms with Crippen molar-refractivity contribution in [3.63, 3.8) is 0 Å². The Kier molecular flexibility index (Phi) is 2.83. The van der Waals surface area contributed by atoms with E-state index in [1.807, 2.05) is 13.8 Å². The van der Waals surface area contributed by atoms with Gasteiger partial charge in [-0.3, -0.25) is 9.48 Å². The molecule has 5 heteroatoms. The van der Waals surface area contributed by atoms with Crippen LogP contribution in [0.25, 0.3) is 10.9 Å². The van der Waals surface area contributed by atoms with Crippen LogP contribution in [-0.2, 0) is 7.05 Å². The molecule has 90 valence electrons. The van der Waals surface area contributed by atoms with Crippen molar-refractivity contribution in [2.75, 3.05) is 0 Å². The summed E-state index contributed by atoms with van der Waals surface area (Å²) >= 11 is 0. The maximum Gasteiger partial charge on any atom is 0.272 e. The summed E-state index contributed by atoms with van der Waals surface area (Å²) in [5.74, 6) is -0.653. The molecule has 0 bridgehead atoms. The fourth-order valence-electron chi connectivity index (χ4n) is 1.74. The molecule has 0 fully saturated rings. The van der Waals surface area contributed by atoms with Gasteiger partial charge in [0.05, 0.1) is 5.52 Å². The number of hydrogen-bond donors (Lipinski definition) is 1. The third-order valence-electron chi connectivity index (χ3n) is 2.45. The van der Waals surface area contributed by atoms with Gasteiger partial charge in [0.25, 0.3) is 5.91 Å². The van der Waals surface area contributed by atoms with Crippen LogP contribution in [0.4, 0.5) is 4.39 Å². The van der Waals surface area contributed by atoms with E-state index >= 15 is 0 Å². The Morgan fingerprint density at radius 2 is 2.18 bits per heavy atom. The first-order chi connectivity index (χ1) is 7.99. The lowest BCUT2D eigenvalue weighted by Crippen LogP contribution is -2.30. The van der Waals surface area contributed by atoms with Gasteiger partial charge in [-0.05, 0) is 32.0 Å². The van der Waals surface area contributed by atoms with Crippen LogP contribution in [-0.4, -0.2) is 21.7 Å². The van der Waals surface area contributed by atoms with Crippen LogP contribution in [0.1, 0.15) is 24.3 Å². The van der Waals surface area contributed by atoms with Gasteiger partial charge in [0, 0.05) is 18.5 Å². The van der Waals surface area contributed by atoms with E-state index in [-0.39, 0.29) is 23.5 Å². The summed E-state index contributed by atoms with van der Waals surface area (Å²) in [7, 11) is 1.73. The summed E-state index contributed by atoms with van der Waals surface area (Å²) in [6.45, 7) is 3.73. The minimum Gasteiger partial charge on any atom is -0.348 e. The van der Waals surface area contributed by atoms with Crippen molar-refractivity contribution in [1.82, 2.24) is 15.1 Å². The van der Waals surface area contributed by atoms with Gasteiger partial charge in [0.2, 0.25) is 0 Å². The lowest BCUT2D eigenvalue weighted by Gasteiger charge is -2.05. The molecule has 0 radical (unpaired) electrons. The number of halogens is 1. The molecule has 0 atom stereocenters. The molecule has 0 saturated heterocycles. The first-order valence-electron chi connectivity index (χ1n) is 5.42. The van der Waals surface area contributed by atoms with Crippen LogP contribution in [0.15, 0.2) is 18.2 Å². The van der Waals surface area contributed by atoms with Gasteiger partial charge in [0.1, 0.15) is 5.82 Å². The maximum atomic E-state index is 13.2. The number of carbonyl (C=O) groups is 1. The molecule has 2 aromatic rings. The molecule has 17 heavy (non-hydrogen) atoms. The number of aromatic nitrogens is 2. The highest BCUT2D eigenvalue weighted by Crippen LogP contribution is 2.19. The molecule has 1 aromatic carbocycles. The Morgan fingerprint density at radius 3 is 2.82 bits per heavy atom. The van der Waals surface area contributed by atoms with E-state index < -0.39 is 0 Å². The van der Waals surface area contributed by atoms with Gasteiger partial charge in [-0.25, -0.2) is 4.39 Å². The third-order valence-corrected chi connectivity index (χ3v) is 2.45. The molecule has 0 spiro atoms. The summed E-state index contributed by atoms with van der Waals surface area (Å²) in [6, 6.07) is 4.32. The van der Waals surface area contributed by atoms with Gasteiger partial charge in [0.15, 0.2) is 5.69 Å². The van der Waals surface area contributed by atoms with Crippen molar-refractivity contribution in [2.24, 2.45) is 7.05 Å². The minimum atomic E-state index is -0.371. The van der Waals surface area contributed by atoms with E-state index in [0.717, 1.165) is 5.52 Å². The van der Waals surface area contributed by atoms with E-state index in [2.05, 4.69) is 10.4 Å². The zero-order valence-corrected chi connectivity index (χ0v) is 9.99. The predicted octanol–water partition coefficient (Wildman–Crippen LogP) is 1.85. The molecular formula is C12H14FN3O. The van der Waals surface area contributed by atoms with Crippen LogP contribution in [0.3, 0.4) is 0 Å². The van der Waals surface area contributed by atoms with Gasteiger partial charge in [-0.1, -0.05) is 0 Å². The number of amides is 1. The Bertz CT molecular complexity index is 574. The third kappa shape index (κ3) is 2.13. The second kappa shape index (κ2) is 4.16. The Balaban J connectivity index is 2.54. The van der Waals surface area contributed by atoms with Crippen molar-refractivity contribution < 1.29 is 9.18 Å². The van der Waals surface area contributed by atoms with Crippen molar-refractivity contribution in [3.8, 4) is 0 Å². The summed E-state index contributed by atoms with van der Waals surface area (Å²) in [5.41, 5.74) is 0.996. The molecule has 1 amide bonds. The highest BCUT2D eigenvalue weighted by molar-refractivity contribution is 6.04. The summed E-state index contributed by atoms with van der Waals surface area (Å²) < 4.78 is 14.8. The monoisotopic (exact) mass is 235 g/mol. The summed E-state index contributed by atoms with van der Waals surface area (Å²) in [5, 5.41) is 7.40. The molecule has 0 aliphatic heterocycles. The van der Waals surface area contributed by atoms with E-state index in [1.165, 1.54) is 12.1 Å². The van der Waals surface area contributed by atoms with Crippen molar-refractivity contribution in [3.05, 3.63) is 29.7 Å². The van der Waals surface area contributed by atoms with E-state index in [0.29, 0.717) is 5.39 Å².